The Morgan fingerprint density at radius 1 is 1.50 bits per heavy atom. The van der Waals surface area contributed by atoms with E-state index >= 15 is 0 Å². The van der Waals surface area contributed by atoms with Crippen molar-refractivity contribution in [1.82, 2.24) is 5.32 Å². The topological polar surface area (TPSA) is 92.4 Å². The number of fused-ring (bicyclic) bond motifs is 1. The average Bonchev–Trinajstić information content (AvgIpc) is 2.84. The van der Waals surface area contributed by atoms with Crippen LogP contribution in [0.4, 0.5) is 0 Å². The number of hydrogen-bond acceptors (Lipinski definition) is 4. The number of carbonyl (C=O) groups is 2. The third kappa shape index (κ3) is 3.08. The van der Waals surface area contributed by atoms with Crippen LogP contribution in [0.15, 0.2) is 6.07 Å². The molecule has 2 rings (SSSR count). The van der Waals surface area contributed by atoms with E-state index in [0.717, 1.165) is 17.7 Å². The Labute approximate surface area is 109 Å². The van der Waals surface area contributed by atoms with Crippen LogP contribution in [-0.4, -0.2) is 23.0 Å². The highest BCUT2D eigenvalue weighted by Gasteiger charge is 2.18. The van der Waals surface area contributed by atoms with Gasteiger partial charge in [-0.2, -0.15) is 0 Å². The maximum Gasteiger partial charge on any atom is 0.305 e. The maximum atomic E-state index is 11.5. The molecular weight excluding hydrogens is 252 g/mol. The summed E-state index contributed by atoms with van der Waals surface area (Å²) in [6.45, 7) is 0.434. The molecule has 0 fully saturated rings. The number of carboxylic acids is 1. The lowest BCUT2D eigenvalue weighted by molar-refractivity contribution is -0.139. The van der Waals surface area contributed by atoms with Crippen molar-refractivity contribution in [3.8, 4) is 0 Å². The Morgan fingerprint density at radius 3 is 2.94 bits per heavy atom. The summed E-state index contributed by atoms with van der Waals surface area (Å²) in [5, 5.41) is 11.2. The number of aliphatic carboxylic acids is 1. The summed E-state index contributed by atoms with van der Waals surface area (Å²) in [4.78, 5) is 24.5. The van der Waals surface area contributed by atoms with E-state index < -0.39 is 17.9 Å². The summed E-state index contributed by atoms with van der Waals surface area (Å²) in [6, 6.07) is 1.14. The fourth-order valence-corrected chi connectivity index (χ4v) is 3.26. The molecule has 4 N–H and O–H groups in total. The van der Waals surface area contributed by atoms with Crippen LogP contribution in [0.5, 0.6) is 0 Å². The Bertz CT molecular complexity index is 448. The van der Waals surface area contributed by atoms with Crippen LogP contribution in [0.25, 0.3) is 0 Å². The minimum absolute atomic E-state index is 0.341. The summed E-state index contributed by atoms with van der Waals surface area (Å²) in [6.07, 6.45) is 3.13. The number of nitrogens with two attached hydrogens (primary N) is 1. The van der Waals surface area contributed by atoms with Crippen molar-refractivity contribution < 1.29 is 14.7 Å². The van der Waals surface area contributed by atoms with Crippen LogP contribution < -0.4 is 11.1 Å². The van der Waals surface area contributed by atoms with Gasteiger partial charge in [-0.1, -0.05) is 0 Å². The van der Waals surface area contributed by atoms with Crippen LogP contribution in [0.2, 0.25) is 0 Å². The van der Waals surface area contributed by atoms with Crippen molar-refractivity contribution in [2.24, 2.45) is 5.73 Å². The van der Waals surface area contributed by atoms with Gasteiger partial charge in [0.05, 0.1) is 19.0 Å². The van der Waals surface area contributed by atoms with Gasteiger partial charge in [-0.05, 0) is 30.9 Å². The predicted octanol–water partition coefficient (Wildman–Crippen LogP) is 0.655. The summed E-state index contributed by atoms with van der Waals surface area (Å²) < 4.78 is 0. The number of hydrogen-bond donors (Lipinski definition) is 3. The van der Waals surface area contributed by atoms with Gasteiger partial charge < -0.3 is 16.2 Å². The van der Waals surface area contributed by atoms with Gasteiger partial charge in [0.15, 0.2) is 0 Å². The summed E-state index contributed by atoms with van der Waals surface area (Å²) in [5.74, 6) is -1.47. The molecule has 5 nitrogen and oxygen atoms in total. The lowest BCUT2D eigenvalue weighted by Gasteiger charge is -2.09. The van der Waals surface area contributed by atoms with Gasteiger partial charge in [-0.25, -0.2) is 0 Å². The first-order chi connectivity index (χ1) is 8.56. The number of thiophene rings is 1. The minimum Gasteiger partial charge on any atom is -0.481 e. The molecule has 0 saturated heterocycles. The lowest BCUT2D eigenvalue weighted by atomic mass is 10.2. The normalized spacial score (nSPS) is 15.2. The van der Waals surface area contributed by atoms with Crippen LogP contribution in [0.3, 0.4) is 0 Å². The first kappa shape index (κ1) is 13.0. The lowest BCUT2D eigenvalue weighted by Crippen LogP contribution is -2.41. The van der Waals surface area contributed by atoms with Gasteiger partial charge >= 0.3 is 5.97 Å². The standard InChI is InChI=1S/C12H16N2O3S/c13-9(5-11(15)16)12(17)14-6-8-4-7-2-1-3-10(7)18-8/h4,9H,1-3,5-6,13H2,(H,14,17)(H,15,16). The van der Waals surface area contributed by atoms with Gasteiger partial charge in [-0.15, -0.1) is 11.3 Å². The molecule has 0 aliphatic heterocycles. The smallest absolute Gasteiger partial charge is 0.305 e. The molecule has 0 aromatic carbocycles. The highest BCUT2D eigenvalue weighted by molar-refractivity contribution is 7.12. The fraction of sp³-hybridized carbons (Fsp3) is 0.500. The van der Waals surface area contributed by atoms with E-state index in [9.17, 15) is 9.59 Å². The van der Waals surface area contributed by atoms with Crippen LogP contribution in [0, 0.1) is 0 Å². The number of nitrogens with one attached hydrogen (secondary N) is 1. The van der Waals surface area contributed by atoms with Crippen molar-refractivity contribution >= 4 is 23.2 Å². The molecule has 18 heavy (non-hydrogen) atoms. The van der Waals surface area contributed by atoms with E-state index in [1.54, 1.807) is 11.3 Å². The molecular formula is C12H16N2O3S. The fourth-order valence-electron chi connectivity index (χ4n) is 2.06. The SMILES string of the molecule is NC(CC(=O)O)C(=O)NCc1cc2c(s1)CCC2. The van der Waals surface area contributed by atoms with Crippen molar-refractivity contribution in [2.75, 3.05) is 0 Å². The number of aryl methyl sites for hydroxylation is 2. The zero-order valence-corrected chi connectivity index (χ0v) is 10.8. The number of amides is 1. The Hall–Kier alpha value is -1.40. The number of carboxylic acid groups (broad SMARTS) is 1. The van der Waals surface area contributed by atoms with Gasteiger partial charge in [0.1, 0.15) is 0 Å². The van der Waals surface area contributed by atoms with Crippen LogP contribution in [-0.2, 0) is 29.0 Å². The second-order valence-electron chi connectivity index (χ2n) is 4.44. The van der Waals surface area contributed by atoms with E-state index in [-0.39, 0.29) is 6.42 Å². The maximum absolute atomic E-state index is 11.5. The molecule has 1 atom stereocenters. The number of rotatable bonds is 5. The first-order valence-electron chi connectivity index (χ1n) is 5.92. The van der Waals surface area contributed by atoms with E-state index in [2.05, 4.69) is 11.4 Å². The molecule has 0 spiro atoms. The Morgan fingerprint density at radius 2 is 2.28 bits per heavy atom. The third-order valence-corrected chi connectivity index (χ3v) is 4.20. The molecule has 1 amide bonds. The molecule has 98 valence electrons. The van der Waals surface area contributed by atoms with E-state index in [1.807, 2.05) is 0 Å². The molecule has 0 bridgehead atoms. The third-order valence-electron chi connectivity index (χ3n) is 2.97. The van der Waals surface area contributed by atoms with Crippen LogP contribution in [0.1, 0.15) is 28.2 Å². The highest BCUT2D eigenvalue weighted by atomic mass is 32.1. The summed E-state index contributed by atoms with van der Waals surface area (Å²) in [5.41, 5.74) is 6.85. The molecule has 1 aromatic rings. The zero-order valence-electron chi connectivity index (χ0n) is 9.94. The Balaban J connectivity index is 1.83. The monoisotopic (exact) mass is 268 g/mol. The van der Waals surface area contributed by atoms with E-state index in [4.69, 9.17) is 10.8 Å². The quantitative estimate of drug-likeness (QED) is 0.731. The summed E-state index contributed by atoms with van der Waals surface area (Å²) >= 11 is 1.72. The molecule has 1 aliphatic rings. The molecule has 1 aliphatic carbocycles. The Kier molecular flexibility index (Phi) is 3.98. The van der Waals surface area contributed by atoms with Gasteiger partial charge in [0, 0.05) is 9.75 Å². The van der Waals surface area contributed by atoms with Gasteiger partial charge in [-0.3, -0.25) is 9.59 Å². The largest absolute Gasteiger partial charge is 0.481 e. The number of carbonyl (C=O) groups excluding carboxylic acids is 1. The predicted molar refractivity (Wildman–Crippen MR) is 68.4 cm³/mol. The molecule has 1 aromatic heterocycles. The minimum atomic E-state index is -1.06. The molecule has 0 saturated carbocycles. The van der Waals surface area contributed by atoms with Crippen LogP contribution >= 0.6 is 11.3 Å². The van der Waals surface area contributed by atoms with E-state index in [1.165, 1.54) is 16.9 Å². The van der Waals surface area contributed by atoms with Gasteiger partial charge in [0.25, 0.3) is 0 Å². The molecule has 0 radical (unpaired) electrons. The second-order valence-corrected chi connectivity index (χ2v) is 5.66. The van der Waals surface area contributed by atoms with Crippen molar-refractivity contribution in [3.63, 3.8) is 0 Å². The second kappa shape index (κ2) is 5.49. The van der Waals surface area contributed by atoms with E-state index in [0.29, 0.717) is 6.54 Å². The average molecular weight is 268 g/mol. The van der Waals surface area contributed by atoms with Crippen molar-refractivity contribution in [2.45, 2.75) is 38.3 Å². The highest BCUT2D eigenvalue weighted by Crippen LogP contribution is 2.30. The molecule has 6 heteroatoms. The zero-order chi connectivity index (χ0) is 13.1. The van der Waals surface area contributed by atoms with Crippen molar-refractivity contribution in [3.05, 3.63) is 21.4 Å². The van der Waals surface area contributed by atoms with Gasteiger partial charge in [0.2, 0.25) is 5.91 Å². The molecule has 1 unspecified atom stereocenters. The van der Waals surface area contributed by atoms with Crippen molar-refractivity contribution in [1.29, 1.82) is 0 Å². The first-order valence-corrected chi connectivity index (χ1v) is 6.73. The molecule has 1 heterocycles. The summed E-state index contributed by atoms with van der Waals surface area (Å²) in [7, 11) is 0.